The fraction of sp³-hybridized carbons (Fsp3) is 0.294. The van der Waals surface area contributed by atoms with E-state index in [1.807, 2.05) is 27.8 Å². The van der Waals surface area contributed by atoms with E-state index >= 15 is 0 Å². The Morgan fingerprint density at radius 2 is 2.00 bits per heavy atom. The molecule has 0 aliphatic heterocycles. The number of rotatable bonds is 4. The molecule has 0 aliphatic carbocycles. The number of hydrogen-bond donors (Lipinski definition) is 1. The lowest BCUT2D eigenvalue weighted by Gasteiger charge is -2.12. The third-order valence-corrected chi connectivity index (χ3v) is 3.75. The minimum Gasteiger partial charge on any atom is -0.346 e. The average Bonchev–Trinajstić information content (AvgIpc) is 2.79. The first-order valence-corrected chi connectivity index (χ1v) is 7.11. The number of hydrogen-bond acceptors (Lipinski definition) is 2. The highest BCUT2D eigenvalue weighted by molar-refractivity contribution is 5.95. The average molecular weight is 301 g/mol. The molecule has 0 radical (unpaired) electrons. The number of amides is 1. The molecule has 1 heterocycles. The van der Waals surface area contributed by atoms with E-state index in [-0.39, 0.29) is 17.8 Å². The Morgan fingerprint density at radius 3 is 2.55 bits per heavy atom. The predicted molar refractivity (Wildman–Crippen MR) is 84.6 cm³/mol. The first-order valence-electron chi connectivity index (χ1n) is 7.11. The van der Waals surface area contributed by atoms with Crippen LogP contribution < -0.4 is 5.32 Å². The van der Waals surface area contributed by atoms with E-state index in [1.54, 1.807) is 23.0 Å². The highest BCUT2D eigenvalue weighted by atomic mass is 19.1. The third kappa shape index (κ3) is 3.61. The van der Waals surface area contributed by atoms with Crippen molar-refractivity contribution >= 4 is 11.5 Å². The van der Waals surface area contributed by atoms with Gasteiger partial charge in [0.15, 0.2) is 0 Å². The van der Waals surface area contributed by atoms with Gasteiger partial charge in [0.05, 0.1) is 12.2 Å². The van der Waals surface area contributed by atoms with Crippen molar-refractivity contribution in [1.82, 2.24) is 15.1 Å². The molecule has 4 nitrogen and oxygen atoms in total. The smallest absolute Gasteiger partial charge is 0.244 e. The summed E-state index contributed by atoms with van der Waals surface area (Å²) in [5, 5.41) is 7.10. The first-order chi connectivity index (χ1) is 10.4. The van der Waals surface area contributed by atoms with Gasteiger partial charge in [-0.3, -0.25) is 9.48 Å². The molecule has 2 aromatic rings. The Morgan fingerprint density at radius 1 is 1.36 bits per heavy atom. The molecule has 1 N–H and O–H groups in total. The van der Waals surface area contributed by atoms with Gasteiger partial charge in [0.25, 0.3) is 0 Å². The van der Waals surface area contributed by atoms with Gasteiger partial charge in [-0.05, 0) is 44.0 Å². The second-order valence-corrected chi connectivity index (χ2v) is 5.37. The minimum absolute atomic E-state index is 0.126. The van der Waals surface area contributed by atoms with Gasteiger partial charge in [0.1, 0.15) is 5.82 Å². The van der Waals surface area contributed by atoms with Crippen LogP contribution in [0.3, 0.4) is 0 Å². The summed E-state index contributed by atoms with van der Waals surface area (Å²) >= 11 is 0. The topological polar surface area (TPSA) is 46.9 Å². The summed E-state index contributed by atoms with van der Waals surface area (Å²) in [7, 11) is 1.87. The SMILES string of the molecule is CC(=CC(=O)NC(C)c1cnn(C)c1C)c1ccc(F)cc1. The van der Waals surface area contributed by atoms with Crippen LogP contribution in [0, 0.1) is 12.7 Å². The molecule has 1 aromatic heterocycles. The molecule has 2 rings (SSSR count). The number of halogens is 1. The fourth-order valence-electron chi connectivity index (χ4n) is 2.27. The molecule has 0 fully saturated rings. The van der Waals surface area contributed by atoms with Crippen molar-refractivity contribution in [2.24, 2.45) is 7.05 Å². The Bertz CT molecular complexity index is 701. The number of carbonyl (C=O) groups excluding carboxylic acids is 1. The second kappa shape index (κ2) is 6.56. The summed E-state index contributed by atoms with van der Waals surface area (Å²) in [6.45, 7) is 5.71. The van der Waals surface area contributed by atoms with E-state index in [2.05, 4.69) is 10.4 Å². The second-order valence-electron chi connectivity index (χ2n) is 5.37. The zero-order chi connectivity index (χ0) is 16.3. The van der Waals surface area contributed by atoms with E-state index in [0.29, 0.717) is 0 Å². The standard InChI is InChI=1S/C17H20FN3O/c1-11(14-5-7-15(18)8-6-14)9-17(22)20-12(2)16-10-19-21(4)13(16)3/h5-10,12H,1-4H3,(H,20,22). The van der Waals surface area contributed by atoms with Crippen LogP contribution >= 0.6 is 0 Å². The number of aryl methyl sites for hydroxylation is 1. The lowest BCUT2D eigenvalue weighted by atomic mass is 10.1. The van der Waals surface area contributed by atoms with Gasteiger partial charge in [-0.2, -0.15) is 5.10 Å². The Kier molecular flexibility index (Phi) is 4.75. The molecule has 1 amide bonds. The number of nitrogens with zero attached hydrogens (tertiary/aromatic N) is 2. The molecule has 1 unspecified atom stereocenters. The van der Waals surface area contributed by atoms with Crippen LogP contribution in [-0.4, -0.2) is 15.7 Å². The molecule has 1 aromatic carbocycles. The first kappa shape index (κ1) is 15.9. The Balaban J connectivity index is 2.07. The maximum absolute atomic E-state index is 12.9. The summed E-state index contributed by atoms with van der Waals surface area (Å²) in [5.41, 5.74) is 3.62. The molecule has 0 aliphatic rings. The van der Waals surface area contributed by atoms with Crippen LogP contribution in [0.15, 0.2) is 36.5 Å². The van der Waals surface area contributed by atoms with Gasteiger partial charge in [-0.15, -0.1) is 0 Å². The van der Waals surface area contributed by atoms with Crippen molar-refractivity contribution < 1.29 is 9.18 Å². The molecule has 1 atom stereocenters. The van der Waals surface area contributed by atoms with Gasteiger partial charge in [-0.25, -0.2) is 4.39 Å². The molecule has 0 saturated heterocycles. The zero-order valence-corrected chi connectivity index (χ0v) is 13.2. The summed E-state index contributed by atoms with van der Waals surface area (Å²) in [5.74, 6) is -0.473. The van der Waals surface area contributed by atoms with E-state index in [0.717, 1.165) is 22.4 Å². The van der Waals surface area contributed by atoms with Crippen LogP contribution in [-0.2, 0) is 11.8 Å². The van der Waals surface area contributed by atoms with Crippen LogP contribution in [0.2, 0.25) is 0 Å². The van der Waals surface area contributed by atoms with E-state index < -0.39 is 0 Å². The molecule has 116 valence electrons. The van der Waals surface area contributed by atoms with Crippen molar-refractivity contribution in [2.75, 3.05) is 0 Å². The van der Waals surface area contributed by atoms with E-state index in [4.69, 9.17) is 0 Å². The quantitative estimate of drug-likeness (QED) is 0.882. The lowest BCUT2D eigenvalue weighted by Crippen LogP contribution is -2.25. The number of carbonyl (C=O) groups is 1. The predicted octanol–water partition coefficient (Wildman–Crippen LogP) is 3.15. The third-order valence-electron chi connectivity index (χ3n) is 3.75. The number of benzene rings is 1. The molecule has 0 bridgehead atoms. The Hall–Kier alpha value is -2.43. The monoisotopic (exact) mass is 301 g/mol. The number of aromatic nitrogens is 2. The molecule has 0 spiro atoms. The van der Waals surface area contributed by atoms with Crippen molar-refractivity contribution in [1.29, 1.82) is 0 Å². The largest absolute Gasteiger partial charge is 0.346 e. The summed E-state index contributed by atoms with van der Waals surface area (Å²) in [6, 6.07) is 5.95. The fourth-order valence-corrected chi connectivity index (χ4v) is 2.27. The lowest BCUT2D eigenvalue weighted by molar-refractivity contribution is -0.117. The molecule has 5 heteroatoms. The summed E-state index contributed by atoms with van der Waals surface area (Å²) in [6.07, 6.45) is 3.28. The molecular weight excluding hydrogens is 281 g/mol. The summed E-state index contributed by atoms with van der Waals surface area (Å²) < 4.78 is 14.7. The summed E-state index contributed by atoms with van der Waals surface area (Å²) in [4.78, 5) is 12.1. The number of nitrogens with one attached hydrogen (secondary N) is 1. The van der Waals surface area contributed by atoms with E-state index in [9.17, 15) is 9.18 Å². The van der Waals surface area contributed by atoms with Crippen molar-refractivity contribution in [3.63, 3.8) is 0 Å². The molecular formula is C17H20FN3O. The van der Waals surface area contributed by atoms with Crippen LogP contribution in [0.4, 0.5) is 4.39 Å². The van der Waals surface area contributed by atoms with Gasteiger partial charge >= 0.3 is 0 Å². The maximum Gasteiger partial charge on any atom is 0.244 e. The highest BCUT2D eigenvalue weighted by Gasteiger charge is 2.13. The van der Waals surface area contributed by atoms with Crippen molar-refractivity contribution in [3.8, 4) is 0 Å². The van der Waals surface area contributed by atoms with Crippen LogP contribution in [0.1, 0.15) is 36.7 Å². The number of allylic oxidation sites excluding steroid dienone is 1. The minimum atomic E-state index is -0.290. The molecule has 22 heavy (non-hydrogen) atoms. The van der Waals surface area contributed by atoms with Crippen LogP contribution in [0.5, 0.6) is 0 Å². The van der Waals surface area contributed by atoms with E-state index in [1.165, 1.54) is 18.2 Å². The molecule has 0 saturated carbocycles. The van der Waals surface area contributed by atoms with Gasteiger partial charge < -0.3 is 5.32 Å². The van der Waals surface area contributed by atoms with Crippen molar-refractivity contribution in [2.45, 2.75) is 26.8 Å². The van der Waals surface area contributed by atoms with Crippen LogP contribution in [0.25, 0.3) is 5.57 Å². The van der Waals surface area contributed by atoms with Crippen molar-refractivity contribution in [3.05, 3.63) is 59.2 Å². The van der Waals surface area contributed by atoms with Gasteiger partial charge in [0, 0.05) is 24.4 Å². The maximum atomic E-state index is 12.9. The zero-order valence-electron chi connectivity index (χ0n) is 13.2. The van der Waals surface area contributed by atoms with Gasteiger partial charge in [-0.1, -0.05) is 12.1 Å². The Labute approximate surface area is 129 Å². The normalized spacial score (nSPS) is 13.0. The highest BCUT2D eigenvalue weighted by Crippen LogP contribution is 2.17. The van der Waals surface area contributed by atoms with Gasteiger partial charge in [0.2, 0.25) is 5.91 Å².